The van der Waals surface area contributed by atoms with Gasteiger partial charge in [-0.2, -0.15) is 4.31 Å². The quantitative estimate of drug-likeness (QED) is 0.618. The van der Waals surface area contributed by atoms with E-state index in [1.54, 1.807) is 54.9 Å². The SMILES string of the molecule is Cn1ccnc1[C@@H](NC(=O)C1CCN(S(=O)(=O)c2ccccc2)CC1)c1ccc(F)cc1. The van der Waals surface area contributed by atoms with E-state index in [4.69, 9.17) is 0 Å². The van der Waals surface area contributed by atoms with Gasteiger partial charge in [-0.1, -0.05) is 30.3 Å². The number of hydrogen-bond acceptors (Lipinski definition) is 4. The molecule has 1 amide bonds. The number of amides is 1. The van der Waals surface area contributed by atoms with Crippen molar-refractivity contribution in [1.29, 1.82) is 0 Å². The lowest BCUT2D eigenvalue weighted by atomic mass is 9.96. The van der Waals surface area contributed by atoms with Crippen LogP contribution in [0.3, 0.4) is 0 Å². The highest BCUT2D eigenvalue weighted by molar-refractivity contribution is 7.89. The van der Waals surface area contributed by atoms with E-state index in [0.717, 1.165) is 5.56 Å². The fraction of sp³-hybridized carbons (Fsp3) is 0.304. The van der Waals surface area contributed by atoms with Gasteiger partial charge in [0.05, 0.1) is 4.90 Å². The molecule has 1 aliphatic rings. The minimum atomic E-state index is -3.57. The number of imidazole rings is 1. The van der Waals surface area contributed by atoms with Crippen LogP contribution in [0, 0.1) is 11.7 Å². The highest BCUT2D eigenvalue weighted by Crippen LogP contribution is 2.26. The lowest BCUT2D eigenvalue weighted by molar-refractivity contribution is -0.126. The number of nitrogens with one attached hydrogen (secondary N) is 1. The molecule has 2 heterocycles. The van der Waals surface area contributed by atoms with Crippen LogP contribution in [0.1, 0.15) is 30.3 Å². The van der Waals surface area contributed by atoms with Crippen LogP contribution in [0.4, 0.5) is 4.39 Å². The molecule has 9 heteroatoms. The third-order valence-corrected chi connectivity index (χ3v) is 7.73. The molecule has 7 nitrogen and oxygen atoms in total. The molecule has 0 unspecified atom stereocenters. The Balaban J connectivity index is 1.46. The fourth-order valence-electron chi connectivity index (χ4n) is 3.97. The van der Waals surface area contributed by atoms with E-state index in [2.05, 4.69) is 10.3 Å². The summed E-state index contributed by atoms with van der Waals surface area (Å²) in [4.78, 5) is 17.7. The van der Waals surface area contributed by atoms with Crippen molar-refractivity contribution in [3.63, 3.8) is 0 Å². The Morgan fingerprint density at radius 3 is 2.34 bits per heavy atom. The van der Waals surface area contributed by atoms with Gasteiger partial charge in [0.1, 0.15) is 17.7 Å². The predicted octanol–water partition coefficient (Wildman–Crippen LogP) is 2.87. The zero-order valence-electron chi connectivity index (χ0n) is 17.7. The van der Waals surface area contributed by atoms with E-state index in [0.29, 0.717) is 18.7 Å². The van der Waals surface area contributed by atoms with Gasteiger partial charge in [-0.3, -0.25) is 4.79 Å². The zero-order chi connectivity index (χ0) is 22.7. The topological polar surface area (TPSA) is 84.3 Å². The van der Waals surface area contributed by atoms with Crippen molar-refractivity contribution < 1.29 is 17.6 Å². The van der Waals surface area contributed by atoms with E-state index in [1.165, 1.54) is 16.4 Å². The van der Waals surface area contributed by atoms with Crippen molar-refractivity contribution in [2.75, 3.05) is 13.1 Å². The van der Waals surface area contributed by atoms with Gasteiger partial charge in [0.2, 0.25) is 15.9 Å². The van der Waals surface area contributed by atoms with Crippen LogP contribution in [-0.2, 0) is 21.9 Å². The summed E-state index contributed by atoms with van der Waals surface area (Å²) in [7, 11) is -1.74. The summed E-state index contributed by atoms with van der Waals surface area (Å²) in [6, 6.07) is 13.7. The summed E-state index contributed by atoms with van der Waals surface area (Å²) < 4.78 is 42.3. The van der Waals surface area contributed by atoms with Crippen LogP contribution in [-0.4, -0.2) is 41.3 Å². The molecule has 0 aliphatic carbocycles. The number of sulfonamides is 1. The number of aryl methyl sites for hydroxylation is 1. The van der Waals surface area contributed by atoms with Crippen molar-refractivity contribution in [2.24, 2.45) is 13.0 Å². The Labute approximate surface area is 186 Å². The molecule has 0 spiro atoms. The van der Waals surface area contributed by atoms with Gasteiger partial charge in [0.25, 0.3) is 0 Å². The molecular formula is C23H25FN4O3S. The Bertz CT molecular complexity index is 1170. The number of benzene rings is 2. The second-order valence-electron chi connectivity index (χ2n) is 7.88. The third kappa shape index (κ3) is 4.58. The molecule has 1 fully saturated rings. The highest BCUT2D eigenvalue weighted by Gasteiger charge is 2.33. The van der Waals surface area contributed by atoms with E-state index in [-0.39, 0.29) is 35.6 Å². The van der Waals surface area contributed by atoms with Crippen molar-refractivity contribution >= 4 is 15.9 Å². The monoisotopic (exact) mass is 456 g/mol. The first-order valence-corrected chi connectivity index (χ1v) is 11.9. The highest BCUT2D eigenvalue weighted by atomic mass is 32.2. The normalized spacial score (nSPS) is 16.6. The van der Waals surface area contributed by atoms with E-state index in [1.807, 2.05) is 11.6 Å². The minimum Gasteiger partial charge on any atom is -0.342 e. The first-order valence-electron chi connectivity index (χ1n) is 10.4. The largest absolute Gasteiger partial charge is 0.342 e. The van der Waals surface area contributed by atoms with Crippen molar-refractivity contribution in [3.05, 3.63) is 84.2 Å². The Morgan fingerprint density at radius 1 is 1.09 bits per heavy atom. The molecular weight excluding hydrogens is 431 g/mol. The predicted molar refractivity (Wildman–Crippen MR) is 118 cm³/mol. The second kappa shape index (κ2) is 9.22. The van der Waals surface area contributed by atoms with Gasteiger partial charge in [-0.15, -0.1) is 0 Å². The molecule has 0 saturated carbocycles. The number of nitrogens with zero attached hydrogens (tertiary/aromatic N) is 3. The fourth-order valence-corrected chi connectivity index (χ4v) is 5.46. The average molecular weight is 457 g/mol. The van der Waals surface area contributed by atoms with Crippen LogP contribution in [0.25, 0.3) is 0 Å². The first kappa shape index (κ1) is 22.2. The molecule has 1 N–H and O–H groups in total. The maximum atomic E-state index is 13.4. The average Bonchev–Trinajstić information content (AvgIpc) is 3.24. The molecule has 3 aromatic rings. The number of carbonyl (C=O) groups excluding carboxylic acids is 1. The van der Waals surface area contributed by atoms with E-state index >= 15 is 0 Å². The Kier molecular flexibility index (Phi) is 6.38. The summed E-state index contributed by atoms with van der Waals surface area (Å²) >= 11 is 0. The van der Waals surface area contributed by atoms with Gasteiger partial charge in [-0.25, -0.2) is 17.8 Å². The first-order chi connectivity index (χ1) is 15.4. The molecule has 4 rings (SSSR count). The molecule has 0 bridgehead atoms. The number of halogens is 1. The van der Waals surface area contributed by atoms with E-state index in [9.17, 15) is 17.6 Å². The zero-order valence-corrected chi connectivity index (χ0v) is 18.5. The number of carbonyl (C=O) groups is 1. The number of piperidine rings is 1. The molecule has 0 radical (unpaired) electrons. The van der Waals surface area contributed by atoms with Crippen molar-refractivity contribution in [3.8, 4) is 0 Å². The summed E-state index contributed by atoms with van der Waals surface area (Å²) in [6.07, 6.45) is 4.28. The van der Waals surface area contributed by atoms with Crippen LogP contribution in [0.2, 0.25) is 0 Å². The summed E-state index contributed by atoms with van der Waals surface area (Å²) in [6.45, 7) is 0.553. The Hall–Kier alpha value is -3.04. The van der Waals surface area contributed by atoms with Gasteiger partial charge in [-0.05, 0) is 42.7 Å². The third-order valence-electron chi connectivity index (χ3n) is 5.81. The lowest BCUT2D eigenvalue weighted by Crippen LogP contribution is -2.44. The molecule has 2 aromatic carbocycles. The molecule has 1 saturated heterocycles. The number of hydrogen-bond donors (Lipinski definition) is 1. The lowest BCUT2D eigenvalue weighted by Gasteiger charge is -2.31. The van der Waals surface area contributed by atoms with Crippen LogP contribution >= 0.6 is 0 Å². The smallest absolute Gasteiger partial charge is 0.243 e. The standard InChI is InChI=1S/C23H25FN4O3S/c1-27-16-13-25-22(27)21(17-7-9-19(24)10-8-17)26-23(29)18-11-14-28(15-12-18)32(30,31)20-5-3-2-4-6-20/h2-10,13,16,18,21H,11-12,14-15H2,1H3,(H,26,29)/t21-/m0/s1. The van der Waals surface area contributed by atoms with Crippen LogP contribution in [0.15, 0.2) is 71.9 Å². The molecule has 168 valence electrons. The second-order valence-corrected chi connectivity index (χ2v) is 9.82. The van der Waals surface area contributed by atoms with Gasteiger partial charge in [0, 0.05) is 38.4 Å². The number of rotatable bonds is 6. The van der Waals surface area contributed by atoms with E-state index < -0.39 is 16.1 Å². The summed E-state index contributed by atoms with van der Waals surface area (Å²) in [5.74, 6) is -0.209. The summed E-state index contributed by atoms with van der Waals surface area (Å²) in [5, 5.41) is 3.04. The maximum Gasteiger partial charge on any atom is 0.243 e. The van der Waals surface area contributed by atoms with Gasteiger partial charge < -0.3 is 9.88 Å². The maximum absolute atomic E-state index is 13.4. The molecule has 32 heavy (non-hydrogen) atoms. The Morgan fingerprint density at radius 2 is 1.75 bits per heavy atom. The van der Waals surface area contributed by atoms with Gasteiger partial charge in [0.15, 0.2) is 0 Å². The molecule has 1 aromatic heterocycles. The molecule has 1 atom stereocenters. The summed E-state index contributed by atoms with van der Waals surface area (Å²) in [5.41, 5.74) is 0.721. The van der Waals surface area contributed by atoms with Gasteiger partial charge >= 0.3 is 0 Å². The van der Waals surface area contributed by atoms with Crippen molar-refractivity contribution in [1.82, 2.24) is 19.2 Å². The minimum absolute atomic E-state index is 0.168. The van der Waals surface area contributed by atoms with Crippen molar-refractivity contribution in [2.45, 2.75) is 23.8 Å². The van der Waals surface area contributed by atoms with Crippen LogP contribution < -0.4 is 5.32 Å². The molecule has 1 aliphatic heterocycles. The number of aromatic nitrogens is 2. The van der Waals surface area contributed by atoms with Crippen LogP contribution in [0.5, 0.6) is 0 Å².